The lowest BCUT2D eigenvalue weighted by Crippen LogP contribution is -2.38. The zero-order valence-electron chi connectivity index (χ0n) is 11.6. The van der Waals surface area contributed by atoms with E-state index in [-0.39, 0.29) is 5.92 Å². The molecular weight excluding hydrogens is 238 g/mol. The third-order valence-electron chi connectivity index (χ3n) is 2.27. The monoisotopic (exact) mass is 261 g/mol. The minimum Gasteiger partial charge on any atom is -0.479 e. The zero-order valence-corrected chi connectivity index (χ0v) is 11.6. The Morgan fingerprint density at radius 2 is 1.89 bits per heavy atom. The Bertz CT molecular complexity index is 285. The van der Waals surface area contributed by atoms with Crippen LogP contribution in [0.25, 0.3) is 0 Å². The summed E-state index contributed by atoms with van der Waals surface area (Å²) in [6, 6.07) is 0. The van der Waals surface area contributed by atoms with Crippen LogP contribution in [-0.2, 0) is 14.4 Å². The van der Waals surface area contributed by atoms with Gasteiger partial charge in [-0.05, 0) is 33.1 Å². The van der Waals surface area contributed by atoms with Crippen molar-refractivity contribution in [1.29, 1.82) is 0 Å². The molecule has 1 amide bonds. The van der Waals surface area contributed by atoms with Gasteiger partial charge in [0.05, 0.1) is 0 Å². The van der Waals surface area contributed by atoms with E-state index in [1.807, 2.05) is 19.3 Å². The van der Waals surface area contributed by atoms with Crippen LogP contribution in [0.5, 0.6) is 0 Å². The number of carboxylic acids is 1. The van der Waals surface area contributed by atoms with Crippen molar-refractivity contribution < 1.29 is 24.3 Å². The second-order valence-corrected chi connectivity index (χ2v) is 5.30. The van der Waals surface area contributed by atoms with E-state index in [0.29, 0.717) is 6.42 Å². The van der Waals surface area contributed by atoms with Crippen LogP contribution in [0.2, 0.25) is 0 Å². The maximum Gasteiger partial charge on any atom is 0.431 e. The largest absolute Gasteiger partial charge is 0.479 e. The van der Waals surface area contributed by atoms with Gasteiger partial charge in [-0.1, -0.05) is 20.3 Å². The number of hydrogen-bond donors (Lipinski definition) is 2. The summed E-state index contributed by atoms with van der Waals surface area (Å²) >= 11 is 0. The quantitative estimate of drug-likeness (QED) is 0.717. The van der Waals surface area contributed by atoms with E-state index < -0.39 is 23.8 Å². The summed E-state index contributed by atoms with van der Waals surface area (Å²) in [7, 11) is 0. The summed E-state index contributed by atoms with van der Waals surface area (Å²) in [5.41, 5.74) is 1.36. The Kier molecular flexibility index (Phi) is 6.68. The van der Waals surface area contributed by atoms with Gasteiger partial charge in [0, 0.05) is 0 Å². The van der Waals surface area contributed by atoms with E-state index in [4.69, 9.17) is 14.7 Å². The fourth-order valence-electron chi connectivity index (χ4n) is 1.15. The lowest BCUT2D eigenvalue weighted by atomic mass is 10.0. The molecule has 2 atom stereocenters. The summed E-state index contributed by atoms with van der Waals surface area (Å²) in [5.74, 6) is -0.905. The van der Waals surface area contributed by atoms with E-state index >= 15 is 0 Å². The number of aliphatic carboxylic acids is 1. The van der Waals surface area contributed by atoms with Gasteiger partial charge >= 0.3 is 12.1 Å². The van der Waals surface area contributed by atoms with Crippen molar-refractivity contribution in [3.8, 4) is 0 Å². The molecule has 0 aromatic rings. The summed E-state index contributed by atoms with van der Waals surface area (Å²) < 4.78 is 4.93. The van der Waals surface area contributed by atoms with Crippen molar-refractivity contribution in [2.24, 2.45) is 5.92 Å². The number of rotatable bonds is 6. The minimum atomic E-state index is -1.11. The highest BCUT2D eigenvalue weighted by Gasteiger charge is 2.23. The highest BCUT2D eigenvalue weighted by atomic mass is 16.7. The topological polar surface area (TPSA) is 84.9 Å². The van der Waals surface area contributed by atoms with Crippen molar-refractivity contribution in [2.75, 3.05) is 0 Å². The molecule has 6 heteroatoms. The average molecular weight is 261 g/mol. The summed E-state index contributed by atoms with van der Waals surface area (Å²) in [6.07, 6.45) is -0.674. The SMILES string of the molecule is CC[C@H](C)C[C@H](ONC(=O)OC(C)(C)C)C(=O)O. The van der Waals surface area contributed by atoms with Crippen LogP contribution in [0.3, 0.4) is 0 Å². The van der Waals surface area contributed by atoms with Gasteiger partial charge in [-0.2, -0.15) is 5.48 Å². The van der Waals surface area contributed by atoms with E-state index in [0.717, 1.165) is 6.42 Å². The summed E-state index contributed by atoms with van der Waals surface area (Å²) in [6.45, 7) is 9.01. The van der Waals surface area contributed by atoms with Gasteiger partial charge in [-0.15, -0.1) is 0 Å². The van der Waals surface area contributed by atoms with Gasteiger partial charge in [-0.25, -0.2) is 9.59 Å². The molecule has 0 fully saturated rings. The Labute approximate surface area is 108 Å². The fraction of sp³-hybridized carbons (Fsp3) is 0.833. The summed E-state index contributed by atoms with van der Waals surface area (Å²) in [5, 5.41) is 8.95. The maximum absolute atomic E-state index is 11.3. The zero-order chi connectivity index (χ0) is 14.3. The van der Waals surface area contributed by atoms with Gasteiger partial charge in [0.1, 0.15) is 5.60 Å². The third-order valence-corrected chi connectivity index (χ3v) is 2.27. The predicted molar refractivity (Wildman–Crippen MR) is 66.0 cm³/mol. The molecule has 0 aliphatic heterocycles. The van der Waals surface area contributed by atoms with Gasteiger partial charge < -0.3 is 9.84 Å². The van der Waals surface area contributed by atoms with Gasteiger partial charge in [0.25, 0.3) is 0 Å². The third kappa shape index (κ3) is 7.89. The van der Waals surface area contributed by atoms with Crippen molar-refractivity contribution in [1.82, 2.24) is 5.48 Å². The standard InChI is InChI=1S/C12H23NO5/c1-6-8(2)7-9(10(14)15)18-13-11(16)17-12(3,4)5/h8-9H,6-7H2,1-5H3,(H,13,16)(H,14,15)/t8-,9-/m0/s1. The first kappa shape index (κ1) is 16.7. The lowest BCUT2D eigenvalue weighted by molar-refractivity contribution is -0.156. The molecule has 0 bridgehead atoms. The van der Waals surface area contributed by atoms with Gasteiger partial charge in [0.2, 0.25) is 0 Å². The number of carbonyl (C=O) groups is 2. The normalized spacial score (nSPS) is 14.7. The Morgan fingerprint density at radius 1 is 1.33 bits per heavy atom. The Balaban J connectivity index is 4.20. The van der Waals surface area contributed by atoms with Crippen LogP contribution in [0.1, 0.15) is 47.5 Å². The van der Waals surface area contributed by atoms with E-state index in [9.17, 15) is 9.59 Å². The van der Waals surface area contributed by atoms with Gasteiger partial charge in [-0.3, -0.25) is 4.84 Å². The first-order valence-corrected chi connectivity index (χ1v) is 6.03. The van der Waals surface area contributed by atoms with E-state index in [1.54, 1.807) is 20.8 Å². The van der Waals surface area contributed by atoms with Crippen molar-refractivity contribution in [2.45, 2.75) is 59.2 Å². The molecule has 0 radical (unpaired) electrons. The average Bonchev–Trinajstić information content (AvgIpc) is 2.20. The molecule has 0 aromatic carbocycles. The molecule has 0 aromatic heterocycles. The molecule has 0 rings (SSSR count). The molecule has 2 N–H and O–H groups in total. The molecule has 106 valence electrons. The molecule has 0 unspecified atom stereocenters. The molecule has 0 aliphatic rings. The van der Waals surface area contributed by atoms with Gasteiger partial charge in [0.15, 0.2) is 6.10 Å². The lowest BCUT2D eigenvalue weighted by Gasteiger charge is -2.21. The minimum absolute atomic E-state index is 0.200. The Morgan fingerprint density at radius 3 is 2.28 bits per heavy atom. The van der Waals surface area contributed by atoms with Crippen molar-refractivity contribution >= 4 is 12.1 Å². The number of amides is 1. The van der Waals surface area contributed by atoms with Crippen LogP contribution >= 0.6 is 0 Å². The number of hydroxylamine groups is 1. The molecule has 0 saturated carbocycles. The van der Waals surface area contributed by atoms with Crippen LogP contribution in [0, 0.1) is 5.92 Å². The summed E-state index contributed by atoms with van der Waals surface area (Å²) in [4.78, 5) is 27.1. The smallest absolute Gasteiger partial charge is 0.431 e. The van der Waals surface area contributed by atoms with Crippen LogP contribution in [-0.4, -0.2) is 28.9 Å². The first-order chi connectivity index (χ1) is 8.15. The highest BCUT2D eigenvalue weighted by Crippen LogP contribution is 2.12. The maximum atomic E-state index is 11.3. The molecule has 6 nitrogen and oxygen atoms in total. The van der Waals surface area contributed by atoms with Crippen molar-refractivity contribution in [3.05, 3.63) is 0 Å². The van der Waals surface area contributed by atoms with Crippen molar-refractivity contribution in [3.63, 3.8) is 0 Å². The number of ether oxygens (including phenoxy) is 1. The molecule has 0 aliphatic carbocycles. The second kappa shape index (κ2) is 7.20. The second-order valence-electron chi connectivity index (χ2n) is 5.30. The molecule has 0 spiro atoms. The van der Waals surface area contributed by atoms with Crippen LogP contribution < -0.4 is 5.48 Å². The fourth-order valence-corrected chi connectivity index (χ4v) is 1.15. The Hall–Kier alpha value is -1.30. The molecule has 0 heterocycles. The number of carboxylic acid groups (broad SMARTS) is 1. The molecule has 0 saturated heterocycles. The first-order valence-electron chi connectivity index (χ1n) is 6.03. The van der Waals surface area contributed by atoms with Crippen LogP contribution in [0.4, 0.5) is 4.79 Å². The highest BCUT2D eigenvalue weighted by molar-refractivity contribution is 5.73. The number of carbonyl (C=O) groups excluding carboxylic acids is 1. The van der Waals surface area contributed by atoms with E-state index in [2.05, 4.69) is 0 Å². The van der Waals surface area contributed by atoms with E-state index in [1.165, 1.54) is 0 Å². The number of hydrogen-bond acceptors (Lipinski definition) is 4. The number of nitrogens with one attached hydrogen (secondary N) is 1. The predicted octanol–water partition coefficient (Wildman–Crippen LogP) is 2.33. The van der Waals surface area contributed by atoms with Crippen LogP contribution in [0.15, 0.2) is 0 Å². The molecule has 18 heavy (non-hydrogen) atoms. The molecular formula is C12H23NO5.